The zero-order valence-corrected chi connectivity index (χ0v) is 13.6. The van der Waals surface area contributed by atoms with Crippen LogP contribution in [0.25, 0.3) is 11.1 Å². The van der Waals surface area contributed by atoms with Crippen LogP contribution in [-0.4, -0.2) is 37.5 Å². The van der Waals surface area contributed by atoms with E-state index in [4.69, 9.17) is 4.74 Å². The molecule has 0 spiro atoms. The number of hydrogen-bond donors (Lipinski definition) is 2. The van der Waals surface area contributed by atoms with Crippen LogP contribution in [0.5, 0.6) is 5.75 Å². The van der Waals surface area contributed by atoms with E-state index in [0.717, 1.165) is 12.3 Å². The maximum absolute atomic E-state index is 10.1. The molecule has 0 unspecified atom stereocenters. The van der Waals surface area contributed by atoms with E-state index in [0.29, 0.717) is 6.61 Å². The number of piperidine rings is 1. The first kappa shape index (κ1) is 16.0. The second-order valence-electron chi connectivity index (χ2n) is 6.37. The van der Waals surface area contributed by atoms with Crippen molar-refractivity contribution in [3.8, 4) is 16.9 Å². The molecule has 23 heavy (non-hydrogen) atoms. The van der Waals surface area contributed by atoms with E-state index >= 15 is 0 Å². The van der Waals surface area contributed by atoms with Crippen LogP contribution in [-0.2, 0) is 0 Å². The molecule has 3 nitrogen and oxygen atoms in total. The lowest BCUT2D eigenvalue weighted by Crippen LogP contribution is -3.14. The van der Waals surface area contributed by atoms with E-state index in [2.05, 4.69) is 24.3 Å². The second-order valence-corrected chi connectivity index (χ2v) is 6.37. The Morgan fingerprint density at radius 2 is 1.52 bits per heavy atom. The van der Waals surface area contributed by atoms with Gasteiger partial charge in [0.2, 0.25) is 0 Å². The molecule has 1 aliphatic heterocycles. The average molecular weight is 312 g/mol. The van der Waals surface area contributed by atoms with Gasteiger partial charge in [-0.15, -0.1) is 0 Å². The smallest absolute Gasteiger partial charge is 0.137 e. The Kier molecular flexibility index (Phi) is 5.67. The molecule has 2 N–H and O–H groups in total. The summed E-state index contributed by atoms with van der Waals surface area (Å²) in [6.07, 6.45) is 3.51. The van der Waals surface area contributed by atoms with E-state index in [9.17, 15) is 5.11 Å². The van der Waals surface area contributed by atoms with Crippen molar-refractivity contribution in [3.05, 3.63) is 54.6 Å². The minimum absolute atomic E-state index is 0.369. The molecule has 1 atom stereocenters. The second kappa shape index (κ2) is 8.14. The van der Waals surface area contributed by atoms with E-state index in [1.54, 1.807) is 0 Å². The molecule has 1 heterocycles. The highest BCUT2D eigenvalue weighted by molar-refractivity contribution is 5.63. The third kappa shape index (κ3) is 4.81. The van der Waals surface area contributed by atoms with Crippen LogP contribution in [0.2, 0.25) is 0 Å². The molecule has 0 amide bonds. The molecule has 3 rings (SSSR count). The predicted molar refractivity (Wildman–Crippen MR) is 92.8 cm³/mol. The summed E-state index contributed by atoms with van der Waals surface area (Å²) in [5.74, 6) is 0.817. The van der Waals surface area contributed by atoms with Crippen molar-refractivity contribution in [2.75, 3.05) is 26.2 Å². The molecule has 3 heteroatoms. The number of aliphatic hydroxyl groups excluding tert-OH is 1. The molecule has 1 saturated heterocycles. The van der Waals surface area contributed by atoms with Crippen LogP contribution in [0.3, 0.4) is 0 Å². The van der Waals surface area contributed by atoms with Crippen molar-refractivity contribution >= 4 is 0 Å². The highest BCUT2D eigenvalue weighted by Crippen LogP contribution is 2.22. The van der Waals surface area contributed by atoms with Gasteiger partial charge in [0.25, 0.3) is 0 Å². The number of quaternary nitrogens is 1. The van der Waals surface area contributed by atoms with Gasteiger partial charge < -0.3 is 14.7 Å². The lowest BCUT2D eigenvalue weighted by molar-refractivity contribution is -0.908. The summed E-state index contributed by atoms with van der Waals surface area (Å²) in [5, 5.41) is 10.1. The monoisotopic (exact) mass is 312 g/mol. The first-order chi connectivity index (χ1) is 11.3. The van der Waals surface area contributed by atoms with Crippen LogP contribution in [0.4, 0.5) is 0 Å². The largest absolute Gasteiger partial charge is 0.491 e. The maximum atomic E-state index is 10.1. The molecule has 0 bridgehead atoms. The van der Waals surface area contributed by atoms with Gasteiger partial charge in [-0.05, 0) is 42.5 Å². The molecule has 1 fully saturated rings. The summed E-state index contributed by atoms with van der Waals surface area (Å²) in [5.41, 5.74) is 2.38. The Balaban J connectivity index is 1.48. The number of rotatable bonds is 6. The van der Waals surface area contributed by atoms with Gasteiger partial charge in [0.1, 0.15) is 25.0 Å². The van der Waals surface area contributed by atoms with Crippen molar-refractivity contribution in [1.29, 1.82) is 0 Å². The lowest BCUT2D eigenvalue weighted by atomic mass is 10.1. The van der Waals surface area contributed by atoms with Crippen LogP contribution in [0.1, 0.15) is 19.3 Å². The number of likely N-dealkylation sites (tertiary alicyclic amines) is 1. The first-order valence-corrected chi connectivity index (χ1v) is 8.61. The quantitative estimate of drug-likeness (QED) is 0.857. The molecule has 0 radical (unpaired) electrons. The highest BCUT2D eigenvalue weighted by atomic mass is 16.5. The normalized spacial score (nSPS) is 16.9. The van der Waals surface area contributed by atoms with E-state index in [1.165, 1.54) is 48.4 Å². The maximum Gasteiger partial charge on any atom is 0.137 e. The van der Waals surface area contributed by atoms with Gasteiger partial charge in [0.15, 0.2) is 0 Å². The average Bonchev–Trinajstić information content (AvgIpc) is 2.62. The molecule has 122 valence electrons. The summed E-state index contributed by atoms with van der Waals surface area (Å²) < 4.78 is 5.74. The fraction of sp³-hybridized carbons (Fsp3) is 0.400. The number of nitrogens with one attached hydrogen (secondary N) is 1. The summed E-state index contributed by atoms with van der Waals surface area (Å²) in [4.78, 5) is 1.51. The Morgan fingerprint density at radius 1 is 0.870 bits per heavy atom. The Bertz CT molecular complexity index is 576. The Morgan fingerprint density at radius 3 is 2.22 bits per heavy atom. The standard InChI is InChI=1S/C20H25NO2/c22-19(15-21-13-5-2-6-14-21)16-23-20-11-9-18(10-12-20)17-7-3-1-4-8-17/h1,3-4,7-12,19,22H,2,5-6,13-16H2/p+1/t19-/m1/s1. The number of hydrogen-bond acceptors (Lipinski definition) is 2. The van der Waals surface area contributed by atoms with Gasteiger partial charge >= 0.3 is 0 Å². The summed E-state index contributed by atoms with van der Waals surface area (Å²) in [7, 11) is 0. The molecule has 2 aromatic rings. The topological polar surface area (TPSA) is 33.9 Å². The molecule has 0 saturated carbocycles. The molecule has 2 aromatic carbocycles. The van der Waals surface area contributed by atoms with Gasteiger partial charge in [-0.1, -0.05) is 42.5 Å². The Labute approximate surface area is 138 Å². The molecule has 1 aliphatic rings. The van der Waals surface area contributed by atoms with Crippen molar-refractivity contribution < 1.29 is 14.7 Å². The molecule has 0 aromatic heterocycles. The number of ether oxygens (including phenoxy) is 1. The minimum atomic E-state index is -0.392. The lowest BCUT2D eigenvalue weighted by Gasteiger charge is -2.25. The van der Waals surface area contributed by atoms with Crippen LogP contribution >= 0.6 is 0 Å². The van der Waals surface area contributed by atoms with Crippen molar-refractivity contribution in [2.45, 2.75) is 25.4 Å². The van der Waals surface area contributed by atoms with Gasteiger partial charge in [-0.3, -0.25) is 0 Å². The first-order valence-electron chi connectivity index (χ1n) is 8.61. The van der Waals surface area contributed by atoms with Crippen molar-refractivity contribution in [3.63, 3.8) is 0 Å². The fourth-order valence-electron chi connectivity index (χ4n) is 3.21. The Hall–Kier alpha value is -1.84. The zero-order valence-electron chi connectivity index (χ0n) is 13.6. The number of benzene rings is 2. The fourth-order valence-corrected chi connectivity index (χ4v) is 3.21. The van der Waals surface area contributed by atoms with Gasteiger partial charge in [-0.2, -0.15) is 0 Å². The van der Waals surface area contributed by atoms with Gasteiger partial charge in [0, 0.05) is 0 Å². The summed E-state index contributed by atoms with van der Waals surface area (Å²) in [6, 6.07) is 18.4. The van der Waals surface area contributed by atoms with Crippen LogP contribution in [0.15, 0.2) is 54.6 Å². The van der Waals surface area contributed by atoms with Crippen molar-refractivity contribution in [2.24, 2.45) is 0 Å². The predicted octanol–water partition coefficient (Wildman–Crippen LogP) is 2.16. The molecular weight excluding hydrogens is 286 g/mol. The third-order valence-corrected chi connectivity index (χ3v) is 4.49. The van der Waals surface area contributed by atoms with Gasteiger partial charge in [0.05, 0.1) is 13.1 Å². The third-order valence-electron chi connectivity index (χ3n) is 4.49. The highest BCUT2D eigenvalue weighted by Gasteiger charge is 2.18. The minimum Gasteiger partial charge on any atom is -0.491 e. The van der Waals surface area contributed by atoms with Crippen molar-refractivity contribution in [1.82, 2.24) is 0 Å². The van der Waals surface area contributed by atoms with Gasteiger partial charge in [-0.25, -0.2) is 0 Å². The summed E-state index contributed by atoms with van der Waals surface area (Å²) >= 11 is 0. The van der Waals surface area contributed by atoms with E-state index in [-0.39, 0.29) is 0 Å². The molecular formula is C20H26NO2+. The SMILES string of the molecule is O[C@@H](COc1ccc(-c2ccccc2)cc1)C[NH+]1CCCCC1. The number of aliphatic hydroxyl groups is 1. The van der Waals surface area contributed by atoms with Crippen LogP contribution in [0, 0.1) is 0 Å². The van der Waals surface area contributed by atoms with Crippen LogP contribution < -0.4 is 9.64 Å². The molecule has 0 aliphatic carbocycles. The summed E-state index contributed by atoms with van der Waals surface area (Å²) in [6.45, 7) is 3.53. The zero-order chi connectivity index (χ0) is 15.9. The van der Waals surface area contributed by atoms with E-state index < -0.39 is 6.10 Å². The van der Waals surface area contributed by atoms with E-state index in [1.807, 2.05) is 30.3 Å².